The van der Waals surface area contributed by atoms with Gasteiger partial charge < -0.3 is 5.32 Å². The Bertz CT molecular complexity index is 570. The van der Waals surface area contributed by atoms with Crippen LogP contribution < -0.4 is 5.32 Å². The minimum Gasteiger partial charge on any atom is -0.382 e. The zero-order valence-corrected chi connectivity index (χ0v) is 13.4. The Kier molecular flexibility index (Phi) is 4.11. The summed E-state index contributed by atoms with van der Waals surface area (Å²) in [5.74, 6) is 0.718. The van der Waals surface area contributed by atoms with Gasteiger partial charge in [0.05, 0.1) is 0 Å². The van der Waals surface area contributed by atoms with Crippen molar-refractivity contribution in [3.63, 3.8) is 0 Å². The van der Waals surface area contributed by atoms with Crippen molar-refractivity contribution in [1.29, 1.82) is 0 Å². The smallest absolute Gasteiger partial charge is 0.0345 e. The fourth-order valence-electron chi connectivity index (χ4n) is 2.86. The van der Waals surface area contributed by atoms with Crippen molar-refractivity contribution in [3.8, 4) is 0 Å². The highest BCUT2D eigenvalue weighted by Crippen LogP contribution is 2.38. The summed E-state index contributed by atoms with van der Waals surface area (Å²) in [6.07, 6.45) is 3.57. The lowest BCUT2D eigenvalue weighted by atomic mass is 9.76. The molecule has 1 aliphatic rings. The molecule has 1 aliphatic carbocycles. The summed E-state index contributed by atoms with van der Waals surface area (Å²) in [7, 11) is 0. The van der Waals surface area contributed by atoms with Crippen molar-refractivity contribution in [3.05, 3.63) is 64.1 Å². The van der Waals surface area contributed by atoms with Crippen LogP contribution in [0, 0.1) is 0 Å². The Balaban J connectivity index is 1.56. The van der Waals surface area contributed by atoms with E-state index in [9.17, 15) is 0 Å². The van der Waals surface area contributed by atoms with Crippen LogP contribution in [0.15, 0.2) is 53.0 Å². The quantitative estimate of drug-likeness (QED) is 0.795. The Morgan fingerprint density at radius 1 is 1.10 bits per heavy atom. The lowest BCUT2D eigenvalue weighted by molar-refractivity contribution is 0.374. The zero-order chi connectivity index (χ0) is 13.9. The number of aryl methyl sites for hydroxylation is 1. The molecule has 1 saturated carbocycles. The Labute approximate surface area is 129 Å². The largest absolute Gasteiger partial charge is 0.382 e. The van der Waals surface area contributed by atoms with Crippen LogP contribution in [-0.2, 0) is 6.42 Å². The van der Waals surface area contributed by atoms with Gasteiger partial charge in [0.25, 0.3) is 0 Å². The minimum atomic E-state index is 0.621. The summed E-state index contributed by atoms with van der Waals surface area (Å²) in [4.78, 5) is 0. The molecule has 0 atom stereocenters. The number of benzene rings is 2. The molecule has 0 saturated heterocycles. The summed E-state index contributed by atoms with van der Waals surface area (Å²) in [5, 5.41) is 3.65. The molecule has 0 bridgehead atoms. The molecule has 1 N–H and O–H groups in total. The number of nitrogens with one attached hydrogen (secondary N) is 1. The lowest BCUT2D eigenvalue weighted by Gasteiger charge is -2.37. The molecular weight excluding hydrogens is 310 g/mol. The van der Waals surface area contributed by atoms with Crippen LogP contribution in [0.2, 0.25) is 0 Å². The van der Waals surface area contributed by atoms with E-state index in [1.807, 2.05) is 0 Å². The summed E-state index contributed by atoms with van der Waals surface area (Å²) in [6.45, 7) is 2.20. The van der Waals surface area contributed by atoms with Crippen LogP contribution in [0.1, 0.15) is 36.8 Å². The SMILES string of the molecule is CCc1cccc(NC2CC(c3ccc(Br)cc3)C2)c1. The van der Waals surface area contributed by atoms with Crippen molar-refractivity contribution >= 4 is 21.6 Å². The molecule has 1 nitrogen and oxygen atoms in total. The second kappa shape index (κ2) is 6.01. The van der Waals surface area contributed by atoms with E-state index in [1.165, 1.54) is 29.7 Å². The predicted molar refractivity (Wildman–Crippen MR) is 89.3 cm³/mol. The second-order valence-electron chi connectivity index (χ2n) is 5.62. The number of anilines is 1. The predicted octanol–water partition coefficient (Wildman–Crippen LogP) is 5.37. The van der Waals surface area contributed by atoms with Gasteiger partial charge in [-0.2, -0.15) is 0 Å². The van der Waals surface area contributed by atoms with Crippen LogP contribution in [0.3, 0.4) is 0 Å². The normalized spacial score (nSPS) is 21.3. The highest BCUT2D eigenvalue weighted by molar-refractivity contribution is 9.10. The standard InChI is InChI=1S/C18H20BrN/c1-2-13-4-3-5-17(10-13)20-18-11-15(12-18)14-6-8-16(19)9-7-14/h3-10,15,18,20H,2,11-12H2,1H3. The highest BCUT2D eigenvalue weighted by atomic mass is 79.9. The monoisotopic (exact) mass is 329 g/mol. The van der Waals surface area contributed by atoms with Crippen molar-refractivity contribution in [2.75, 3.05) is 5.32 Å². The van der Waals surface area contributed by atoms with E-state index in [0.717, 1.165) is 16.8 Å². The molecule has 0 unspecified atom stereocenters. The van der Waals surface area contributed by atoms with E-state index in [4.69, 9.17) is 0 Å². The molecule has 0 heterocycles. The van der Waals surface area contributed by atoms with Gasteiger partial charge in [-0.05, 0) is 60.6 Å². The average molecular weight is 330 g/mol. The molecular formula is C18H20BrN. The number of hydrogen-bond donors (Lipinski definition) is 1. The van der Waals surface area contributed by atoms with Crippen molar-refractivity contribution in [2.45, 2.75) is 38.1 Å². The summed E-state index contributed by atoms with van der Waals surface area (Å²) >= 11 is 3.49. The summed E-state index contributed by atoms with van der Waals surface area (Å²) in [6, 6.07) is 18.2. The minimum absolute atomic E-state index is 0.621. The Morgan fingerprint density at radius 3 is 2.55 bits per heavy atom. The molecule has 0 aliphatic heterocycles. The average Bonchev–Trinajstić information content (AvgIpc) is 2.44. The first kappa shape index (κ1) is 13.7. The first-order chi connectivity index (χ1) is 9.74. The molecule has 0 radical (unpaired) electrons. The Morgan fingerprint density at radius 2 is 1.85 bits per heavy atom. The maximum Gasteiger partial charge on any atom is 0.0345 e. The third-order valence-corrected chi connectivity index (χ3v) is 4.71. The topological polar surface area (TPSA) is 12.0 Å². The van der Waals surface area contributed by atoms with Gasteiger partial charge in [-0.25, -0.2) is 0 Å². The second-order valence-corrected chi connectivity index (χ2v) is 6.53. The lowest BCUT2D eigenvalue weighted by Crippen LogP contribution is -2.33. The summed E-state index contributed by atoms with van der Waals surface area (Å²) in [5.41, 5.74) is 4.14. The number of hydrogen-bond acceptors (Lipinski definition) is 1. The van der Waals surface area contributed by atoms with E-state index in [1.54, 1.807) is 0 Å². The third-order valence-electron chi connectivity index (χ3n) is 4.19. The van der Waals surface area contributed by atoms with Gasteiger partial charge >= 0.3 is 0 Å². The molecule has 1 fully saturated rings. The first-order valence-corrected chi connectivity index (χ1v) is 8.15. The van der Waals surface area contributed by atoms with Crippen molar-refractivity contribution < 1.29 is 0 Å². The van der Waals surface area contributed by atoms with Gasteiger partial charge in [0, 0.05) is 16.2 Å². The van der Waals surface area contributed by atoms with Crippen LogP contribution >= 0.6 is 15.9 Å². The molecule has 3 rings (SSSR count). The molecule has 104 valence electrons. The van der Waals surface area contributed by atoms with Gasteiger partial charge in [-0.1, -0.05) is 47.1 Å². The van der Waals surface area contributed by atoms with E-state index >= 15 is 0 Å². The maximum atomic E-state index is 3.65. The van der Waals surface area contributed by atoms with E-state index in [0.29, 0.717) is 6.04 Å². The van der Waals surface area contributed by atoms with Gasteiger partial charge in [-0.3, -0.25) is 0 Å². The van der Waals surface area contributed by atoms with Gasteiger partial charge in [0.15, 0.2) is 0 Å². The van der Waals surface area contributed by atoms with Crippen LogP contribution in [0.5, 0.6) is 0 Å². The summed E-state index contributed by atoms with van der Waals surface area (Å²) < 4.78 is 1.16. The third kappa shape index (κ3) is 3.06. The number of halogens is 1. The van der Waals surface area contributed by atoms with Crippen molar-refractivity contribution in [1.82, 2.24) is 0 Å². The van der Waals surface area contributed by atoms with Crippen LogP contribution in [0.25, 0.3) is 0 Å². The molecule has 2 heteroatoms. The molecule has 2 aromatic rings. The molecule has 2 aromatic carbocycles. The van der Waals surface area contributed by atoms with Crippen molar-refractivity contribution in [2.24, 2.45) is 0 Å². The number of rotatable bonds is 4. The van der Waals surface area contributed by atoms with E-state index < -0.39 is 0 Å². The van der Waals surface area contributed by atoms with Crippen LogP contribution in [0.4, 0.5) is 5.69 Å². The van der Waals surface area contributed by atoms with E-state index in [2.05, 4.69) is 76.7 Å². The molecule has 0 spiro atoms. The Hall–Kier alpha value is -1.28. The molecule has 20 heavy (non-hydrogen) atoms. The van der Waals surface area contributed by atoms with Crippen LogP contribution in [-0.4, -0.2) is 6.04 Å². The van der Waals surface area contributed by atoms with Gasteiger partial charge in [0.2, 0.25) is 0 Å². The highest BCUT2D eigenvalue weighted by Gasteiger charge is 2.30. The zero-order valence-electron chi connectivity index (χ0n) is 11.8. The van der Waals surface area contributed by atoms with Gasteiger partial charge in [0.1, 0.15) is 0 Å². The van der Waals surface area contributed by atoms with Gasteiger partial charge in [-0.15, -0.1) is 0 Å². The van der Waals surface area contributed by atoms with E-state index in [-0.39, 0.29) is 0 Å². The first-order valence-electron chi connectivity index (χ1n) is 7.35. The maximum absolute atomic E-state index is 3.65. The molecule has 0 aromatic heterocycles. The fraction of sp³-hybridized carbons (Fsp3) is 0.333. The fourth-order valence-corrected chi connectivity index (χ4v) is 3.12. The molecule has 0 amide bonds.